The van der Waals surface area contributed by atoms with Crippen LogP contribution in [0.25, 0.3) is 0 Å². The van der Waals surface area contributed by atoms with Crippen LogP contribution in [-0.4, -0.2) is 30.8 Å². The largest absolute Gasteiger partial charge is 0.358 e. The third-order valence-corrected chi connectivity index (χ3v) is 1.25. The molecule has 0 aliphatic rings. The van der Waals surface area contributed by atoms with Crippen LogP contribution in [0.3, 0.4) is 0 Å². The summed E-state index contributed by atoms with van der Waals surface area (Å²) in [6.45, 7) is 8.23. The van der Waals surface area contributed by atoms with Crippen LogP contribution in [0, 0.1) is 0 Å². The van der Waals surface area contributed by atoms with Crippen LogP contribution < -0.4 is 0 Å². The van der Waals surface area contributed by atoms with E-state index in [-0.39, 0.29) is 11.8 Å². The Labute approximate surface area is 64.2 Å². The van der Waals surface area contributed by atoms with E-state index in [0.29, 0.717) is 0 Å². The lowest BCUT2D eigenvalue weighted by atomic mass is 10.2. The van der Waals surface area contributed by atoms with Crippen LogP contribution >= 0.6 is 0 Å². The van der Waals surface area contributed by atoms with E-state index in [9.17, 15) is 0 Å². The highest BCUT2D eigenvalue weighted by Gasteiger charge is 2.15. The number of ether oxygens (including phenoxy) is 1. The van der Waals surface area contributed by atoms with Gasteiger partial charge in [-0.1, -0.05) is 0 Å². The van der Waals surface area contributed by atoms with Crippen LogP contribution in [-0.2, 0) is 4.74 Å². The Bertz CT molecular complexity index is 93.9. The molecule has 0 aromatic rings. The topological polar surface area (TPSA) is 12.5 Å². The third-order valence-electron chi connectivity index (χ3n) is 1.25. The maximum absolute atomic E-state index is 5.62. The molecular weight excluding hydrogens is 126 g/mol. The van der Waals surface area contributed by atoms with Crippen molar-refractivity contribution in [2.45, 2.75) is 39.5 Å². The number of hydrogen-bond acceptors (Lipinski definition) is 2. The van der Waals surface area contributed by atoms with E-state index in [0.717, 1.165) is 0 Å². The van der Waals surface area contributed by atoms with E-state index in [2.05, 4.69) is 20.8 Å². The maximum atomic E-state index is 5.62. The number of hydrogen-bond donors (Lipinski definition) is 0. The van der Waals surface area contributed by atoms with Gasteiger partial charge in [-0.2, -0.15) is 0 Å². The van der Waals surface area contributed by atoms with Gasteiger partial charge in [0.15, 0.2) is 0 Å². The molecule has 0 N–H and O–H groups in total. The molecule has 1 unspecified atom stereocenters. The highest BCUT2D eigenvalue weighted by molar-refractivity contribution is 4.61. The molecule has 62 valence electrons. The Morgan fingerprint density at radius 1 is 1.20 bits per heavy atom. The zero-order chi connectivity index (χ0) is 8.36. The molecule has 0 fully saturated rings. The van der Waals surface area contributed by atoms with Crippen molar-refractivity contribution in [1.82, 2.24) is 4.90 Å². The molecule has 0 spiro atoms. The van der Waals surface area contributed by atoms with Crippen LogP contribution in [0.1, 0.15) is 27.7 Å². The third kappa shape index (κ3) is 4.77. The van der Waals surface area contributed by atoms with Gasteiger partial charge >= 0.3 is 0 Å². The average molecular weight is 145 g/mol. The Morgan fingerprint density at radius 2 is 1.60 bits per heavy atom. The molecule has 0 rings (SSSR count). The predicted molar refractivity (Wildman–Crippen MR) is 44.0 cm³/mol. The van der Waals surface area contributed by atoms with Crippen molar-refractivity contribution in [2.75, 3.05) is 14.1 Å². The molecule has 0 bridgehead atoms. The first-order valence-electron chi connectivity index (χ1n) is 3.67. The van der Waals surface area contributed by atoms with E-state index < -0.39 is 0 Å². The molecule has 2 nitrogen and oxygen atoms in total. The van der Waals surface area contributed by atoms with Crippen LogP contribution in [0.4, 0.5) is 0 Å². The van der Waals surface area contributed by atoms with Gasteiger partial charge in [-0.3, -0.25) is 4.90 Å². The molecule has 0 aliphatic heterocycles. The van der Waals surface area contributed by atoms with Gasteiger partial charge in [-0.25, -0.2) is 0 Å². The summed E-state index contributed by atoms with van der Waals surface area (Å²) in [4.78, 5) is 2.05. The second-order valence-electron chi connectivity index (χ2n) is 3.79. The Hall–Kier alpha value is -0.0800. The molecule has 0 radical (unpaired) electrons. The van der Waals surface area contributed by atoms with Gasteiger partial charge < -0.3 is 4.74 Å². The van der Waals surface area contributed by atoms with Gasteiger partial charge in [0.2, 0.25) is 0 Å². The maximum Gasteiger partial charge on any atom is 0.107 e. The van der Waals surface area contributed by atoms with Crippen LogP contribution in [0.15, 0.2) is 0 Å². The van der Waals surface area contributed by atoms with Crippen molar-refractivity contribution >= 4 is 0 Å². The standard InChI is InChI=1S/C8H19NO/c1-7(9(5)6)10-8(2,3)4/h7H,1-6H3. The predicted octanol–water partition coefficient (Wildman–Crippen LogP) is 1.71. The second kappa shape index (κ2) is 3.35. The highest BCUT2D eigenvalue weighted by atomic mass is 16.5. The van der Waals surface area contributed by atoms with Crippen molar-refractivity contribution < 1.29 is 4.74 Å². The zero-order valence-electron chi connectivity index (χ0n) is 7.93. The molecular formula is C8H19NO. The Balaban J connectivity index is 3.68. The SMILES string of the molecule is CC(OC(C)(C)C)N(C)C. The van der Waals surface area contributed by atoms with Crippen molar-refractivity contribution in [2.24, 2.45) is 0 Å². The van der Waals surface area contributed by atoms with Gasteiger partial charge in [0.05, 0.1) is 5.60 Å². The first kappa shape index (κ1) is 9.92. The van der Waals surface area contributed by atoms with Crippen molar-refractivity contribution in [3.63, 3.8) is 0 Å². The summed E-state index contributed by atoms with van der Waals surface area (Å²) in [6.07, 6.45) is 0.194. The summed E-state index contributed by atoms with van der Waals surface area (Å²) in [6, 6.07) is 0. The van der Waals surface area contributed by atoms with E-state index >= 15 is 0 Å². The Morgan fingerprint density at radius 3 is 1.70 bits per heavy atom. The van der Waals surface area contributed by atoms with Gasteiger partial charge in [0.1, 0.15) is 6.23 Å². The first-order chi connectivity index (χ1) is 4.33. The highest BCUT2D eigenvalue weighted by Crippen LogP contribution is 2.10. The molecule has 0 saturated heterocycles. The van der Waals surface area contributed by atoms with E-state index in [1.165, 1.54) is 0 Å². The minimum atomic E-state index is -0.0380. The zero-order valence-corrected chi connectivity index (χ0v) is 7.93. The Kier molecular flexibility index (Phi) is 3.33. The van der Waals surface area contributed by atoms with Crippen molar-refractivity contribution in [3.05, 3.63) is 0 Å². The monoisotopic (exact) mass is 145 g/mol. The molecule has 2 heteroatoms. The molecule has 0 aromatic heterocycles. The fraction of sp³-hybridized carbons (Fsp3) is 1.00. The first-order valence-corrected chi connectivity index (χ1v) is 3.67. The van der Waals surface area contributed by atoms with Gasteiger partial charge in [0, 0.05) is 0 Å². The molecule has 0 aromatic carbocycles. The van der Waals surface area contributed by atoms with E-state index in [1.807, 2.05) is 25.9 Å². The molecule has 10 heavy (non-hydrogen) atoms. The van der Waals surface area contributed by atoms with Crippen LogP contribution in [0.5, 0.6) is 0 Å². The van der Waals surface area contributed by atoms with Gasteiger partial charge in [-0.05, 0) is 41.8 Å². The molecule has 0 heterocycles. The smallest absolute Gasteiger partial charge is 0.107 e. The lowest BCUT2D eigenvalue weighted by Gasteiger charge is -2.28. The van der Waals surface area contributed by atoms with E-state index in [1.54, 1.807) is 0 Å². The molecule has 0 amide bonds. The average Bonchev–Trinajstić information content (AvgIpc) is 1.60. The van der Waals surface area contributed by atoms with Crippen molar-refractivity contribution in [1.29, 1.82) is 0 Å². The minimum absolute atomic E-state index is 0.0380. The second-order valence-corrected chi connectivity index (χ2v) is 3.79. The van der Waals surface area contributed by atoms with Gasteiger partial charge in [-0.15, -0.1) is 0 Å². The van der Waals surface area contributed by atoms with E-state index in [4.69, 9.17) is 4.74 Å². The van der Waals surface area contributed by atoms with Crippen molar-refractivity contribution in [3.8, 4) is 0 Å². The molecule has 0 aliphatic carbocycles. The summed E-state index contributed by atoms with van der Waals surface area (Å²) in [5.41, 5.74) is -0.0380. The molecule has 1 atom stereocenters. The fourth-order valence-electron chi connectivity index (χ4n) is 0.617. The summed E-state index contributed by atoms with van der Waals surface area (Å²) < 4.78 is 5.62. The van der Waals surface area contributed by atoms with Crippen LogP contribution in [0.2, 0.25) is 0 Å². The summed E-state index contributed by atoms with van der Waals surface area (Å²) in [5.74, 6) is 0. The lowest BCUT2D eigenvalue weighted by Crippen LogP contribution is -2.35. The fourth-order valence-corrected chi connectivity index (χ4v) is 0.617. The summed E-state index contributed by atoms with van der Waals surface area (Å²) in [7, 11) is 4.02. The minimum Gasteiger partial charge on any atom is -0.358 e. The van der Waals surface area contributed by atoms with Gasteiger partial charge in [0.25, 0.3) is 0 Å². The summed E-state index contributed by atoms with van der Waals surface area (Å²) in [5, 5.41) is 0. The molecule has 0 saturated carbocycles. The quantitative estimate of drug-likeness (QED) is 0.548. The summed E-state index contributed by atoms with van der Waals surface area (Å²) >= 11 is 0. The number of rotatable bonds is 2. The lowest BCUT2D eigenvalue weighted by molar-refractivity contribution is -0.108. The number of nitrogens with zero attached hydrogens (tertiary/aromatic N) is 1. The normalized spacial score (nSPS) is 15.9.